The second-order valence-electron chi connectivity index (χ2n) is 5.00. The Morgan fingerprint density at radius 3 is 2.29 bits per heavy atom. The maximum atomic E-state index is 13.8. The van der Waals surface area contributed by atoms with Crippen LogP contribution in [0.15, 0.2) is 28.0 Å². The highest BCUT2D eigenvalue weighted by atomic mass is 32.2. The van der Waals surface area contributed by atoms with Crippen molar-refractivity contribution >= 4 is 19.9 Å². The molecular formula is C12H16FNO5S2. The molecule has 0 radical (unpaired) electrons. The molecule has 1 saturated heterocycles. The molecule has 1 N–H and O–H groups in total. The molecule has 9 heteroatoms. The minimum Gasteiger partial charge on any atom is -0.393 e. The van der Waals surface area contributed by atoms with Gasteiger partial charge >= 0.3 is 0 Å². The molecule has 0 amide bonds. The van der Waals surface area contributed by atoms with E-state index in [0.717, 1.165) is 28.8 Å². The van der Waals surface area contributed by atoms with Crippen molar-refractivity contribution in [2.45, 2.75) is 28.7 Å². The first-order valence-corrected chi connectivity index (χ1v) is 9.63. The van der Waals surface area contributed by atoms with Crippen molar-refractivity contribution in [3.05, 3.63) is 24.0 Å². The first-order chi connectivity index (χ1) is 9.62. The Morgan fingerprint density at radius 2 is 1.76 bits per heavy atom. The third-order valence-electron chi connectivity index (χ3n) is 3.37. The number of aliphatic hydroxyl groups is 1. The summed E-state index contributed by atoms with van der Waals surface area (Å²) in [5.41, 5.74) is 0. The summed E-state index contributed by atoms with van der Waals surface area (Å²) in [6.07, 6.45) is 0.899. The Kier molecular flexibility index (Phi) is 4.39. The third kappa shape index (κ3) is 3.42. The van der Waals surface area contributed by atoms with Crippen LogP contribution in [0.25, 0.3) is 0 Å². The van der Waals surface area contributed by atoms with E-state index in [9.17, 15) is 26.3 Å². The van der Waals surface area contributed by atoms with Gasteiger partial charge in [-0.25, -0.2) is 21.2 Å². The highest BCUT2D eigenvalue weighted by molar-refractivity contribution is 7.91. The lowest BCUT2D eigenvalue weighted by molar-refractivity contribution is 0.113. The molecule has 0 spiro atoms. The van der Waals surface area contributed by atoms with Gasteiger partial charge in [-0.1, -0.05) is 0 Å². The molecule has 0 saturated carbocycles. The first kappa shape index (κ1) is 16.3. The van der Waals surface area contributed by atoms with Crippen LogP contribution < -0.4 is 0 Å². The number of sulfonamides is 1. The Labute approximate surface area is 123 Å². The highest BCUT2D eigenvalue weighted by Crippen LogP contribution is 2.25. The van der Waals surface area contributed by atoms with Crippen LogP contribution >= 0.6 is 0 Å². The van der Waals surface area contributed by atoms with Gasteiger partial charge in [-0.05, 0) is 31.0 Å². The van der Waals surface area contributed by atoms with Crippen LogP contribution in [0.5, 0.6) is 0 Å². The minimum absolute atomic E-state index is 0.0754. The molecule has 0 aliphatic carbocycles. The second-order valence-corrected chi connectivity index (χ2v) is 8.92. The number of hydrogen-bond acceptors (Lipinski definition) is 5. The van der Waals surface area contributed by atoms with Crippen LogP contribution in [0, 0.1) is 5.82 Å². The Balaban J connectivity index is 2.45. The molecule has 1 aliphatic heterocycles. The lowest BCUT2D eigenvalue weighted by Gasteiger charge is -2.28. The van der Waals surface area contributed by atoms with Gasteiger partial charge in [0.25, 0.3) is 0 Å². The van der Waals surface area contributed by atoms with Gasteiger partial charge in [0.15, 0.2) is 9.84 Å². The van der Waals surface area contributed by atoms with E-state index in [-0.39, 0.29) is 30.8 Å². The molecule has 118 valence electrons. The summed E-state index contributed by atoms with van der Waals surface area (Å²) >= 11 is 0. The molecule has 21 heavy (non-hydrogen) atoms. The van der Waals surface area contributed by atoms with Gasteiger partial charge in [-0.3, -0.25) is 0 Å². The smallest absolute Gasteiger partial charge is 0.246 e. The van der Waals surface area contributed by atoms with Gasteiger partial charge in [-0.2, -0.15) is 4.31 Å². The predicted octanol–water partition coefficient (Wildman–Crippen LogP) is 0.375. The molecule has 2 rings (SSSR count). The molecule has 0 atom stereocenters. The summed E-state index contributed by atoms with van der Waals surface area (Å²) in [6.45, 7) is 0.151. The van der Waals surface area contributed by atoms with E-state index >= 15 is 0 Å². The van der Waals surface area contributed by atoms with Crippen LogP contribution in [0.4, 0.5) is 4.39 Å². The van der Waals surface area contributed by atoms with Gasteiger partial charge in [0.05, 0.1) is 11.0 Å². The fourth-order valence-electron chi connectivity index (χ4n) is 2.13. The van der Waals surface area contributed by atoms with E-state index in [4.69, 9.17) is 0 Å². The van der Waals surface area contributed by atoms with Gasteiger partial charge in [0, 0.05) is 19.3 Å². The lowest BCUT2D eigenvalue weighted by Crippen LogP contribution is -2.40. The van der Waals surface area contributed by atoms with Crippen LogP contribution in [-0.4, -0.2) is 51.7 Å². The highest BCUT2D eigenvalue weighted by Gasteiger charge is 2.31. The second kappa shape index (κ2) is 5.64. The number of halogens is 1. The first-order valence-electron chi connectivity index (χ1n) is 6.30. The van der Waals surface area contributed by atoms with Crippen molar-refractivity contribution in [2.24, 2.45) is 0 Å². The van der Waals surface area contributed by atoms with Gasteiger partial charge in [0.2, 0.25) is 10.0 Å². The van der Waals surface area contributed by atoms with E-state index < -0.39 is 36.7 Å². The largest absolute Gasteiger partial charge is 0.393 e. The number of hydrogen-bond donors (Lipinski definition) is 1. The fourth-order valence-corrected chi connectivity index (χ4v) is 4.42. The van der Waals surface area contributed by atoms with E-state index in [1.54, 1.807) is 0 Å². The normalized spacial score (nSPS) is 18.8. The van der Waals surface area contributed by atoms with Crippen molar-refractivity contribution in [3.63, 3.8) is 0 Å². The molecule has 1 aromatic carbocycles. The monoisotopic (exact) mass is 337 g/mol. The zero-order valence-electron chi connectivity index (χ0n) is 11.4. The Morgan fingerprint density at radius 1 is 1.19 bits per heavy atom. The molecule has 6 nitrogen and oxygen atoms in total. The molecule has 0 aromatic heterocycles. The topological polar surface area (TPSA) is 91.8 Å². The molecular weight excluding hydrogens is 321 g/mol. The minimum atomic E-state index is -4.12. The molecule has 1 aromatic rings. The van der Waals surface area contributed by atoms with Gasteiger partial charge in [-0.15, -0.1) is 0 Å². The number of rotatable bonds is 3. The summed E-state index contributed by atoms with van der Waals surface area (Å²) < 4.78 is 62.7. The van der Waals surface area contributed by atoms with Crippen molar-refractivity contribution < 1.29 is 26.3 Å². The molecule has 0 unspecified atom stereocenters. The summed E-state index contributed by atoms with van der Waals surface area (Å²) in [7, 11) is -7.75. The average molecular weight is 337 g/mol. The quantitative estimate of drug-likeness (QED) is 0.805. The SMILES string of the molecule is CS(=O)(=O)c1ccc(F)c(S(=O)(=O)N2CCC(O)CC2)c1. The number of nitrogens with zero attached hydrogens (tertiary/aromatic N) is 1. The van der Waals surface area contributed by atoms with Crippen LogP contribution in [-0.2, 0) is 19.9 Å². The van der Waals surface area contributed by atoms with Crippen molar-refractivity contribution in [2.75, 3.05) is 19.3 Å². The summed E-state index contributed by atoms with van der Waals surface area (Å²) in [6, 6.07) is 2.71. The van der Waals surface area contributed by atoms with Gasteiger partial charge in [0.1, 0.15) is 10.7 Å². The number of benzene rings is 1. The standard InChI is InChI=1S/C12H16FNO5S2/c1-20(16,17)10-2-3-11(13)12(8-10)21(18,19)14-6-4-9(15)5-7-14/h2-3,8-9,15H,4-7H2,1H3. The van der Waals surface area contributed by atoms with Gasteiger partial charge < -0.3 is 5.11 Å². The molecule has 1 fully saturated rings. The summed E-state index contributed by atoms with van der Waals surface area (Å²) in [5.74, 6) is -0.992. The van der Waals surface area contributed by atoms with E-state index in [2.05, 4.69) is 0 Å². The number of sulfone groups is 1. The predicted molar refractivity (Wildman–Crippen MR) is 73.5 cm³/mol. The van der Waals surface area contributed by atoms with E-state index in [1.807, 2.05) is 0 Å². The molecule has 1 aliphatic rings. The van der Waals surface area contributed by atoms with Crippen molar-refractivity contribution in [3.8, 4) is 0 Å². The fraction of sp³-hybridized carbons (Fsp3) is 0.500. The van der Waals surface area contributed by atoms with Crippen molar-refractivity contribution in [1.82, 2.24) is 4.31 Å². The van der Waals surface area contributed by atoms with Crippen LogP contribution in [0.2, 0.25) is 0 Å². The van der Waals surface area contributed by atoms with E-state index in [1.165, 1.54) is 0 Å². The molecule has 0 bridgehead atoms. The van der Waals surface area contributed by atoms with Crippen LogP contribution in [0.3, 0.4) is 0 Å². The van der Waals surface area contributed by atoms with Crippen LogP contribution in [0.1, 0.15) is 12.8 Å². The lowest BCUT2D eigenvalue weighted by atomic mass is 10.1. The zero-order valence-corrected chi connectivity index (χ0v) is 13.0. The Hall–Kier alpha value is -1.03. The average Bonchev–Trinajstić information content (AvgIpc) is 2.38. The van der Waals surface area contributed by atoms with E-state index in [0.29, 0.717) is 0 Å². The summed E-state index contributed by atoms with van der Waals surface area (Å²) in [4.78, 5) is -0.902. The maximum absolute atomic E-state index is 13.8. The van der Waals surface area contributed by atoms with Crippen molar-refractivity contribution in [1.29, 1.82) is 0 Å². The number of aliphatic hydroxyl groups excluding tert-OH is 1. The Bertz CT molecular complexity index is 737. The third-order valence-corrected chi connectivity index (χ3v) is 6.40. The molecule has 1 heterocycles. The maximum Gasteiger partial charge on any atom is 0.246 e. The summed E-state index contributed by atoms with van der Waals surface area (Å²) in [5, 5.41) is 9.39. The zero-order chi connectivity index (χ0) is 15.8. The number of piperidine rings is 1.